The van der Waals surface area contributed by atoms with Crippen molar-refractivity contribution >= 4 is 27.4 Å². The summed E-state index contributed by atoms with van der Waals surface area (Å²) in [4.78, 5) is 30.2. The molecule has 176 valence electrons. The van der Waals surface area contributed by atoms with Crippen molar-refractivity contribution in [1.29, 1.82) is 0 Å². The van der Waals surface area contributed by atoms with Crippen LogP contribution in [0.25, 0.3) is 20.7 Å². The van der Waals surface area contributed by atoms with Crippen molar-refractivity contribution in [2.75, 3.05) is 31.1 Å². The van der Waals surface area contributed by atoms with E-state index in [9.17, 15) is 18.0 Å². The van der Waals surface area contributed by atoms with Gasteiger partial charge in [0.25, 0.3) is 5.56 Å². The van der Waals surface area contributed by atoms with Gasteiger partial charge in [-0.3, -0.25) is 9.69 Å². The van der Waals surface area contributed by atoms with Crippen LogP contribution in [0.1, 0.15) is 17.8 Å². The summed E-state index contributed by atoms with van der Waals surface area (Å²) in [6.07, 6.45) is -2.69. The molecule has 1 N–H and O–H groups in total. The molecule has 10 heteroatoms. The van der Waals surface area contributed by atoms with Gasteiger partial charge >= 0.3 is 6.18 Å². The van der Waals surface area contributed by atoms with Gasteiger partial charge in [0.1, 0.15) is 16.5 Å². The number of H-pyrrole nitrogens is 1. The Morgan fingerprint density at radius 2 is 1.85 bits per heavy atom. The highest BCUT2D eigenvalue weighted by Gasteiger charge is 2.31. The van der Waals surface area contributed by atoms with E-state index in [2.05, 4.69) is 14.9 Å². The molecule has 1 aliphatic rings. The number of aromatic amines is 1. The Hall–Kier alpha value is -3.24. The molecule has 0 aliphatic carbocycles. The van der Waals surface area contributed by atoms with Crippen molar-refractivity contribution in [2.24, 2.45) is 0 Å². The molecule has 0 amide bonds. The van der Waals surface area contributed by atoms with Crippen LogP contribution in [0.4, 0.5) is 19.0 Å². The predicted molar refractivity (Wildman–Crippen MR) is 127 cm³/mol. The first kappa shape index (κ1) is 22.5. The fraction of sp³-hybridized carbons (Fsp3) is 0.292. The molecule has 4 aromatic rings. The number of anilines is 1. The Morgan fingerprint density at radius 1 is 1.03 bits per heavy atom. The maximum absolute atomic E-state index is 12.8. The lowest BCUT2D eigenvalue weighted by molar-refractivity contribution is -0.137. The second-order valence-electron chi connectivity index (χ2n) is 8.23. The van der Waals surface area contributed by atoms with Crippen molar-refractivity contribution in [3.63, 3.8) is 0 Å². The van der Waals surface area contributed by atoms with Crippen LogP contribution in [0.5, 0.6) is 0 Å². The van der Waals surface area contributed by atoms with Crippen LogP contribution in [0.15, 0.2) is 59.5 Å². The normalized spacial score (nSPS) is 15.6. The number of benzene rings is 1. The Balaban J connectivity index is 1.28. The number of aromatic nitrogens is 3. The van der Waals surface area contributed by atoms with E-state index in [1.54, 1.807) is 0 Å². The number of hydrogen-bond acceptors (Lipinski definition) is 6. The van der Waals surface area contributed by atoms with Crippen LogP contribution in [-0.2, 0) is 12.7 Å². The molecule has 0 spiro atoms. The molecular weight excluding hydrogens is 463 g/mol. The number of hydrogen-bond donors (Lipinski definition) is 1. The lowest BCUT2D eigenvalue weighted by Crippen LogP contribution is -2.31. The zero-order valence-electron chi connectivity index (χ0n) is 18.2. The van der Waals surface area contributed by atoms with Gasteiger partial charge in [-0.15, -0.1) is 11.3 Å². The second-order valence-corrected chi connectivity index (χ2v) is 9.26. The molecule has 0 atom stereocenters. The molecule has 0 radical (unpaired) electrons. The van der Waals surface area contributed by atoms with Gasteiger partial charge in [0.15, 0.2) is 0 Å². The standard InChI is InChI=1S/C24H22F3N5OS/c25-24(26,27)17-7-8-21(28-14-17)32-10-4-9-31(11-12-32)15-20-29-22(33)18-13-19(34-23(18)30-20)16-5-2-1-3-6-16/h1-3,5-8,13-14H,4,9-12,15H2,(H,29,30,33). The Labute approximate surface area is 197 Å². The third kappa shape index (κ3) is 4.83. The average Bonchev–Trinajstić information content (AvgIpc) is 3.12. The molecule has 1 saturated heterocycles. The third-order valence-electron chi connectivity index (χ3n) is 5.87. The van der Waals surface area contributed by atoms with E-state index in [1.807, 2.05) is 41.3 Å². The predicted octanol–water partition coefficient (Wildman–Crippen LogP) is 4.78. The molecule has 1 aromatic carbocycles. The molecule has 34 heavy (non-hydrogen) atoms. The fourth-order valence-electron chi connectivity index (χ4n) is 4.11. The number of rotatable bonds is 4. The summed E-state index contributed by atoms with van der Waals surface area (Å²) in [6.45, 7) is 3.30. The van der Waals surface area contributed by atoms with Gasteiger partial charge in [-0.25, -0.2) is 9.97 Å². The number of pyridine rings is 1. The highest BCUT2D eigenvalue weighted by molar-refractivity contribution is 7.21. The summed E-state index contributed by atoms with van der Waals surface area (Å²) in [6, 6.07) is 14.3. The SMILES string of the molecule is O=c1[nH]c(CN2CCCN(c3ccc(C(F)(F)F)cn3)CC2)nc2sc(-c3ccccc3)cc12. The van der Waals surface area contributed by atoms with Crippen LogP contribution >= 0.6 is 11.3 Å². The van der Waals surface area contributed by atoms with Crippen molar-refractivity contribution in [3.05, 3.63) is 76.5 Å². The van der Waals surface area contributed by atoms with Gasteiger partial charge in [-0.1, -0.05) is 30.3 Å². The summed E-state index contributed by atoms with van der Waals surface area (Å²) < 4.78 is 38.4. The minimum atomic E-state index is -4.39. The quantitative estimate of drug-likeness (QED) is 0.451. The van der Waals surface area contributed by atoms with Gasteiger partial charge in [0, 0.05) is 37.3 Å². The number of halogens is 3. The topological polar surface area (TPSA) is 65.1 Å². The summed E-state index contributed by atoms with van der Waals surface area (Å²) in [5.74, 6) is 1.15. The van der Waals surface area contributed by atoms with Crippen molar-refractivity contribution in [1.82, 2.24) is 19.9 Å². The first-order valence-electron chi connectivity index (χ1n) is 11.0. The molecule has 6 nitrogen and oxygen atoms in total. The minimum absolute atomic E-state index is 0.149. The fourth-order valence-corrected chi connectivity index (χ4v) is 5.16. The molecule has 0 saturated carbocycles. The van der Waals surface area contributed by atoms with Crippen LogP contribution in [0.2, 0.25) is 0 Å². The monoisotopic (exact) mass is 485 g/mol. The zero-order chi connectivity index (χ0) is 23.7. The van der Waals surface area contributed by atoms with Crippen molar-refractivity contribution in [3.8, 4) is 10.4 Å². The Kier molecular flexibility index (Phi) is 6.09. The maximum atomic E-state index is 12.8. The molecule has 3 aromatic heterocycles. The van der Waals surface area contributed by atoms with Crippen LogP contribution in [-0.4, -0.2) is 46.0 Å². The number of alkyl halides is 3. The van der Waals surface area contributed by atoms with Crippen LogP contribution < -0.4 is 10.5 Å². The molecule has 0 bridgehead atoms. The van der Waals surface area contributed by atoms with E-state index in [0.29, 0.717) is 48.0 Å². The van der Waals surface area contributed by atoms with Crippen LogP contribution in [0, 0.1) is 0 Å². The lowest BCUT2D eigenvalue weighted by Gasteiger charge is -2.22. The van der Waals surface area contributed by atoms with Gasteiger partial charge in [-0.05, 0) is 30.2 Å². The number of nitrogens with one attached hydrogen (secondary N) is 1. The van der Waals surface area contributed by atoms with E-state index >= 15 is 0 Å². The first-order valence-corrected chi connectivity index (χ1v) is 11.8. The lowest BCUT2D eigenvalue weighted by atomic mass is 10.2. The largest absolute Gasteiger partial charge is 0.417 e. The molecule has 0 unspecified atom stereocenters. The van der Waals surface area contributed by atoms with E-state index < -0.39 is 11.7 Å². The van der Waals surface area contributed by atoms with Gasteiger partial charge in [-0.2, -0.15) is 13.2 Å². The van der Waals surface area contributed by atoms with Crippen LogP contribution in [0.3, 0.4) is 0 Å². The second kappa shape index (κ2) is 9.19. The number of nitrogens with zero attached hydrogens (tertiary/aromatic N) is 4. The summed E-state index contributed by atoms with van der Waals surface area (Å²) in [5.41, 5.74) is 0.155. The highest BCUT2D eigenvalue weighted by Crippen LogP contribution is 2.31. The third-order valence-corrected chi connectivity index (χ3v) is 6.95. The van der Waals surface area contributed by atoms with Gasteiger partial charge in [0.2, 0.25) is 0 Å². The summed E-state index contributed by atoms with van der Waals surface area (Å²) in [5, 5.41) is 0.586. The Morgan fingerprint density at radius 3 is 2.59 bits per heavy atom. The zero-order valence-corrected chi connectivity index (χ0v) is 19.0. The van der Waals surface area contributed by atoms with Crippen molar-refractivity contribution in [2.45, 2.75) is 19.1 Å². The van der Waals surface area contributed by atoms with E-state index in [-0.39, 0.29) is 5.56 Å². The van der Waals surface area contributed by atoms with E-state index in [4.69, 9.17) is 4.98 Å². The average molecular weight is 486 g/mol. The summed E-state index contributed by atoms with van der Waals surface area (Å²) >= 11 is 1.50. The van der Waals surface area contributed by atoms with Crippen molar-refractivity contribution < 1.29 is 13.2 Å². The van der Waals surface area contributed by atoms with Gasteiger partial charge in [0.05, 0.1) is 17.5 Å². The molecular formula is C24H22F3N5OS. The number of thiophene rings is 1. The minimum Gasteiger partial charge on any atom is -0.355 e. The first-order chi connectivity index (χ1) is 16.4. The Bertz CT molecular complexity index is 1330. The van der Waals surface area contributed by atoms with E-state index in [0.717, 1.165) is 35.7 Å². The van der Waals surface area contributed by atoms with Gasteiger partial charge < -0.3 is 9.88 Å². The highest BCUT2D eigenvalue weighted by atomic mass is 32.1. The maximum Gasteiger partial charge on any atom is 0.417 e. The molecule has 4 heterocycles. The van der Waals surface area contributed by atoms with E-state index in [1.165, 1.54) is 17.4 Å². The molecule has 1 aliphatic heterocycles. The number of fused-ring (bicyclic) bond motifs is 1. The smallest absolute Gasteiger partial charge is 0.355 e. The molecule has 1 fully saturated rings. The molecule has 5 rings (SSSR count). The summed E-state index contributed by atoms with van der Waals surface area (Å²) in [7, 11) is 0.